The Bertz CT molecular complexity index is 604. The maximum atomic E-state index is 4.28. The van der Waals surface area contributed by atoms with Crippen LogP contribution in [0.1, 0.15) is 0 Å². The van der Waals surface area contributed by atoms with E-state index < -0.39 is 0 Å². The molecular weight excluding hydrogens is 206 g/mol. The third kappa shape index (κ3) is 1.54. The molecule has 0 unspecified atom stereocenters. The molecular formula is C9H7N7. The smallest absolute Gasteiger partial charge is 0.229 e. The minimum Gasteiger partial charge on any atom is -0.306 e. The van der Waals surface area contributed by atoms with Crippen LogP contribution in [0.5, 0.6) is 0 Å². The Morgan fingerprint density at radius 2 is 2.25 bits per heavy atom. The predicted octanol–water partition coefficient (Wildman–Crippen LogP) is 0.886. The van der Waals surface area contributed by atoms with Gasteiger partial charge in [-0.3, -0.25) is 10.1 Å². The largest absolute Gasteiger partial charge is 0.306 e. The van der Waals surface area contributed by atoms with E-state index in [0.717, 1.165) is 10.9 Å². The molecule has 0 saturated carbocycles. The van der Waals surface area contributed by atoms with E-state index in [4.69, 9.17) is 0 Å². The van der Waals surface area contributed by atoms with Crippen molar-refractivity contribution < 1.29 is 0 Å². The van der Waals surface area contributed by atoms with Crippen LogP contribution in [0.3, 0.4) is 0 Å². The number of nitrogens with one attached hydrogen (secondary N) is 2. The normalized spacial score (nSPS) is 10.5. The van der Waals surface area contributed by atoms with Gasteiger partial charge in [-0.2, -0.15) is 0 Å². The molecule has 78 valence electrons. The number of H-pyrrole nitrogens is 1. The second-order valence-electron chi connectivity index (χ2n) is 3.11. The number of hydrogen-bond acceptors (Lipinski definition) is 6. The second-order valence-corrected chi connectivity index (χ2v) is 3.11. The highest BCUT2D eigenvalue weighted by Gasteiger charge is 2.01. The first-order chi connectivity index (χ1) is 7.92. The van der Waals surface area contributed by atoms with Crippen molar-refractivity contribution in [2.45, 2.75) is 0 Å². The molecule has 3 heterocycles. The van der Waals surface area contributed by atoms with Gasteiger partial charge >= 0.3 is 0 Å². The lowest BCUT2D eigenvalue weighted by molar-refractivity contribution is 0.941. The number of aromatic amines is 1. The van der Waals surface area contributed by atoms with Crippen molar-refractivity contribution in [3.63, 3.8) is 0 Å². The summed E-state index contributed by atoms with van der Waals surface area (Å²) in [5.74, 6) is 1.04. The molecule has 0 aromatic carbocycles. The van der Waals surface area contributed by atoms with Gasteiger partial charge in [-0.1, -0.05) is 5.21 Å². The fourth-order valence-corrected chi connectivity index (χ4v) is 1.31. The number of anilines is 2. The second kappa shape index (κ2) is 3.54. The van der Waals surface area contributed by atoms with E-state index in [9.17, 15) is 0 Å². The quantitative estimate of drug-likeness (QED) is 0.656. The van der Waals surface area contributed by atoms with Crippen LogP contribution in [-0.2, 0) is 0 Å². The fraction of sp³-hybridized carbons (Fsp3) is 0. The van der Waals surface area contributed by atoms with Crippen molar-refractivity contribution in [2.24, 2.45) is 0 Å². The Hall–Kier alpha value is -2.57. The van der Waals surface area contributed by atoms with Crippen molar-refractivity contribution in [1.82, 2.24) is 30.4 Å². The lowest BCUT2D eigenvalue weighted by Crippen LogP contribution is -1.97. The first kappa shape index (κ1) is 8.72. The Morgan fingerprint density at radius 3 is 3.12 bits per heavy atom. The molecule has 0 fully saturated rings. The summed E-state index contributed by atoms with van der Waals surface area (Å²) in [4.78, 5) is 12.4. The molecule has 0 radical (unpaired) electrons. The van der Waals surface area contributed by atoms with Crippen molar-refractivity contribution in [1.29, 1.82) is 0 Å². The van der Waals surface area contributed by atoms with Gasteiger partial charge < -0.3 is 5.32 Å². The molecule has 0 bridgehead atoms. The Balaban J connectivity index is 1.99. The number of hydrogen-bond donors (Lipinski definition) is 2. The van der Waals surface area contributed by atoms with Crippen LogP contribution in [0.25, 0.3) is 10.9 Å². The van der Waals surface area contributed by atoms with Crippen LogP contribution >= 0.6 is 0 Å². The Labute approximate surface area is 90.0 Å². The SMILES string of the molecule is c1cc2cnc(Nc3c[nH]nn3)nc2cn1. The monoisotopic (exact) mass is 213 g/mol. The van der Waals surface area contributed by atoms with Crippen LogP contribution in [-0.4, -0.2) is 30.4 Å². The van der Waals surface area contributed by atoms with Gasteiger partial charge in [-0.05, 0) is 6.07 Å². The molecule has 0 spiro atoms. The summed E-state index contributed by atoms with van der Waals surface area (Å²) in [5, 5.41) is 13.8. The molecule has 0 amide bonds. The summed E-state index contributed by atoms with van der Waals surface area (Å²) < 4.78 is 0. The average Bonchev–Trinajstić information content (AvgIpc) is 2.82. The van der Waals surface area contributed by atoms with Crippen LogP contribution in [0.15, 0.2) is 30.9 Å². The Kier molecular flexibility index (Phi) is 1.93. The minimum atomic E-state index is 0.467. The van der Waals surface area contributed by atoms with Gasteiger partial charge in [-0.15, -0.1) is 5.10 Å². The highest BCUT2D eigenvalue weighted by Crippen LogP contribution is 2.12. The predicted molar refractivity (Wildman–Crippen MR) is 57.0 cm³/mol. The number of nitrogens with zero attached hydrogens (tertiary/aromatic N) is 5. The van der Waals surface area contributed by atoms with Crippen molar-refractivity contribution in [3.05, 3.63) is 30.9 Å². The zero-order valence-electron chi connectivity index (χ0n) is 8.12. The van der Waals surface area contributed by atoms with Crippen LogP contribution < -0.4 is 5.32 Å². The van der Waals surface area contributed by atoms with Gasteiger partial charge in [-0.25, -0.2) is 9.97 Å². The molecule has 0 aliphatic rings. The summed E-state index contributed by atoms with van der Waals surface area (Å²) in [6.45, 7) is 0. The Morgan fingerprint density at radius 1 is 1.25 bits per heavy atom. The first-order valence-electron chi connectivity index (χ1n) is 4.62. The highest BCUT2D eigenvalue weighted by atomic mass is 15.4. The molecule has 3 aromatic rings. The van der Waals surface area contributed by atoms with E-state index in [1.165, 1.54) is 0 Å². The van der Waals surface area contributed by atoms with Crippen molar-refractivity contribution in [2.75, 3.05) is 5.32 Å². The van der Waals surface area contributed by atoms with E-state index in [0.29, 0.717) is 11.8 Å². The van der Waals surface area contributed by atoms with E-state index >= 15 is 0 Å². The number of pyridine rings is 1. The van der Waals surface area contributed by atoms with Crippen molar-refractivity contribution in [3.8, 4) is 0 Å². The maximum Gasteiger partial charge on any atom is 0.229 e. The average molecular weight is 213 g/mol. The molecule has 2 N–H and O–H groups in total. The van der Waals surface area contributed by atoms with Crippen LogP contribution in [0.2, 0.25) is 0 Å². The zero-order valence-corrected chi connectivity index (χ0v) is 8.12. The summed E-state index contributed by atoms with van der Waals surface area (Å²) in [7, 11) is 0. The lowest BCUT2D eigenvalue weighted by atomic mass is 10.3. The van der Waals surface area contributed by atoms with Gasteiger partial charge in [0.15, 0.2) is 5.82 Å². The van der Waals surface area contributed by atoms with E-state index in [1.54, 1.807) is 24.8 Å². The van der Waals surface area contributed by atoms with Crippen LogP contribution in [0.4, 0.5) is 11.8 Å². The fourth-order valence-electron chi connectivity index (χ4n) is 1.31. The van der Waals surface area contributed by atoms with Gasteiger partial charge in [0.1, 0.15) is 0 Å². The molecule has 3 rings (SSSR count). The van der Waals surface area contributed by atoms with E-state index in [-0.39, 0.29) is 0 Å². The number of fused-ring (bicyclic) bond motifs is 1. The maximum absolute atomic E-state index is 4.28. The van der Waals surface area contributed by atoms with Crippen LogP contribution in [0, 0.1) is 0 Å². The van der Waals surface area contributed by atoms with Gasteiger partial charge in [0.25, 0.3) is 0 Å². The molecule has 7 nitrogen and oxygen atoms in total. The molecule has 0 aliphatic heterocycles. The van der Waals surface area contributed by atoms with Gasteiger partial charge in [0, 0.05) is 17.8 Å². The third-order valence-electron chi connectivity index (χ3n) is 2.04. The summed E-state index contributed by atoms with van der Waals surface area (Å²) in [5.41, 5.74) is 0.781. The summed E-state index contributed by atoms with van der Waals surface area (Å²) >= 11 is 0. The summed E-state index contributed by atoms with van der Waals surface area (Å²) in [6, 6.07) is 1.86. The molecule has 0 atom stereocenters. The first-order valence-corrected chi connectivity index (χ1v) is 4.62. The van der Waals surface area contributed by atoms with Gasteiger partial charge in [0.2, 0.25) is 5.95 Å². The topological polar surface area (TPSA) is 92.3 Å². The van der Waals surface area contributed by atoms with Gasteiger partial charge in [0.05, 0.1) is 17.9 Å². The third-order valence-corrected chi connectivity index (χ3v) is 2.04. The standard InChI is InChI=1S/C9H7N7/c1-2-10-4-7-6(1)3-11-9(13-7)14-8-5-12-16-15-8/h1-5H,(H2,11,12,13,14,15,16). The van der Waals surface area contributed by atoms with Crippen molar-refractivity contribution >= 4 is 22.7 Å². The van der Waals surface area contributed by atoms with E-state index in [2.05, 4.69) is 35.7 Å². The molecule has 16 heavy (non-hydrogen) atoms. The number of rotatable bonds is 2. The molecule has 0 saturated heterocycles. The lowest BCUT2D eigenvalue weighted by Gasteiger charge is -2.01. The minimum absolute atomic E-state index is 0.467. The van der Waals surface area contributed by atoms with E-state index in [1.807, 2.05) is 6.07 Å². The molecule has 3 aromatic heterocycles. The summed E-state index contributed by atoms with van der Waals surface area (Å²) in [6.07, 6.45) is 6.74. The molecule has 7 heteroatoms. The molecule has 0 aliphatic carbocycles. The zero-order chi connectivity index (χ0) is 10.8. The number of aromatic nitrogens is 6. The highest BCUT2D eigenvalue weighted by molar-refractivity contribution is 5.77.